The standard InChI is InChI=1S/C52H49N3O8.C45H38N2O4/c1-3-4-30-63-47(60)33-52(2)44(53(27-26-46(58)59)49-41-21-13-9-17-37(41)36-16-8-12-20-40(36)48(49)52)24-6-5-7-25-45-54(28-31-61-34-56)50-42-22-14-10-18-38(42)39-19-11-15-23-43(39)51(50)55(45)29-32-62-35-57;1-45(2)40(47(25-24-41(49)50)44-38-22-13-10-18-34(38)32-16-8-11-20-36(32)42(44)45)23-5-3-4-14-30-28-39-35-19-7-6-15-31(35)33-17-9-12-21-37(33)43(39)46(30)26-27-51-29-48/h5-25,34-35H,3-4,26-33H2,1-2H3;3-23,29H,24-28H2,1-2H3/p+2. The molecule has 0 saturated heterocycles. The van der Waals surface area contributed by atoms with Crippen LogP contribution < -0.4 is 14.7 Å². The van der Waals surface area contributed by atoms with Crippen molar-refractivity contribution in [2.24, 2.45) is 0 Å². The van der Waals surface area contributed by atoms with Gasteiger partial charge in [-0.1, -0.05) is 232 Å². The summed E-state index contributed by atoms with van der Waals surface area (Å²) in [7, 11) is 0. The molecule has 17 heteroatoms. The SMILES string of the molecule is CC1(C)C(/C=C/C=C/C=C2/Cc3c(c4ccccc4c4ccccc34)N2CCOC=O)=[N+](CCC(=O)O)c2c1c1ccccc1c1ccccc21.CCCCOC(=O)CC1(C)C(/C=C/C=C/C=C2N(CCOC=O)c3c(c4ccccc4c4ccccc34)N2CCOC=O)=[N+](CCC(=O)O)c2c1c1ccccc1c1ccccc21. The fourth-order valence-corrected chi connectivity index (χ4v) is 17.9. The first-order chi connectivity index (χ1) is 55.7. The number of hydrogen-bond acceptors (Lipinski definition) is 13. The van der Waals surface area contributed by atoms with E-state index in [1.807, 2.05) is 85.0 Å². The summed E-state index contributed by atoms with van der Waals surface area (Å²) in [6.45, 7) is 12.7. The van der Waals surface area contributed by atoms with Crippen LogP contribution in [0.5, 0.6) is 0 Å². The van der Waals surface area contributed by atoms with Crippen LogP contribution in [0.3, 0.4) is 0 Å². The maximum absolute atomic E-state index is 13.8. The van der Waals surface area contributed by atoms with Crippen molar-refractivity contribution in [1.82, 2.24) is 0 Å². The first kappa shape index (κ1) is 76.1. The Hall–Kier alpha value is -13.3. The Bertz CT molecular complexity index is 6060. The van der Waals surface area contributed by atoms with Gasteiger partial charge in [-0.2, -0.15) is 9.15 Å². The highest BCUT2D eigenvalue weighted by molar-refractivity contribution is 6.24. The van der Waals surface area contributed by atoms with Crippen molar-refractivity contribution < 1.29 is 67.1 Å². The van der Waals surface area contributed by atoms with Crippen molar-refractivity contribution in [1.29, 1.82) is 0 Å². The highest BCUT2D eigenvalue weighted by atomic mass is 16.5. The molecule has 0 amide bonds. The van der Waals surface area contributed by atoms with E-state index in [0.717, 1.165) is 119 Å². The molecule has 4 aliphatic rings. The first-order valence-electron chi connectivity index (χ1n) is 38.9. The van der Waals surface area contributed by atoms with Crippen LogP contribution in [0.15, 0.2) is 266 Å². The molecule has 0 bridgehead atoms. The summed E-state index contributed by atoms with van der Waals surface area (Å²) >= 11 is 0. The van der Waals surface area contributed by atoms with Crippen LogP contribution in [-0.2, 0) is 65.0 Å². The Balaban J connectivity index is 0.000000183. The number of carbonyl (C=O) groups excluding carboxylic acids is 4. The maximum atomic E-state index is 13.8. The number of aliphatic carboxylic acids is 2. The van der Waals surface area contributed by atoms with Gasteiger partial charge in [-0.25, -0.2) is 0 Å². The number of benzene rings is 12. The average molecular weight is 1520 g/mol. The van der Waals surface area contributed by atoms with Crippen LogP contribution >= 0.6 is 0 Å². The first-order valence-corrected chi connectivity index (χ1v) is 38.9. The highest BCUT2D eigenvalue weighted by Gasteiger charge is 2.52. The molecule has 114 heavy (non-hydrogen) atoms. The van der Waals surface area contributed by atoms with Gasteiger partial charge in [-0.3, -0.25) is 28.8 Å². The fraction of sp³-hybridized carbons (Fsp3) is 0.216. The number of rotatable bonds is 29. The molecule has 0 radical (unpaired) electrons. The smallest absolute Gasteiger partial charge is 0.309 e. The van der Waals surface area contributed by atoms with E-state index in [9.17, 15) is 39.0 Å². The lowest BCUT2D eigenvalue weighted by molar-refractivity contribution is -0.435. The lowest BCUT2D eigenvalue weighted by Gasteiger charge is -2.25. The Labute approximate surface area is 660 Å². The number of unbranched alkanes of at least 4 members (excludes halogenated alkanes) is 1. The van der Waals surface area contributed by atoms with Crippen molar-refractivity contribution in [3.05, 3.63) is 283 Å². The summed E-state index contributed by atoms with van der Waals surface area (Å²) in [5, 5.41) is 37.6. The summed E-state index contributed by atoms with van der Waals surface area (Å²) < 4.78 is 25.8. The van der Waals surface area contributed by atoms with Gasteiger partial charge in [0.05, 0.1) is 71.3 Å². The number of allylic oxidation sites excluding steroid dienone is 11. The Morgan fingerprint density at radius 3 is 1.25 bits per heavy atom. The maximum Gasteiger partial charge on any atom is 0.309 e. The molecule has 2 N–H and O–H groups in total. The van der Waals surface area contributed by atoms with Crippen LogP contribution in [0.4, 0.5) is 28.4 Å². The van der Waals surface area contributed by atoms with E-state index < -0.39 is 17.4 Å². The minimum Gasteiger partial charge on any atom is -0.481 e. The Morgan fingerprint density at radius 2 is 0.789 bits per heavy atom. The van der Waals surface area contributed by atoms with Gasteiger partial charge >= 0.3 is 17.9 Å². The molecule has 0 aromatic heterocycles. The van der Waals surface area contributed by atoms with E-state index in [2.05, 4.69) is 221 Å². The molecule has 17 nitrogen and oxygen atoms in total. The van der Waals surface area contributed by atoms with E-state index in [-0.39, 0.29) is 57.0 Å². The number of anilines is 3. The van der Waals surface area contributed by atoms with Crippen molar-refractivity contribution in [3.8, 4) is 0 Å². The van der Waals surface area contributed by atoms with E-state index in [4.69, 9.17) is 18.9 Å². The summed E-state index contributed by atoms with van der Waals surface area (Å²) in [4.78, 5) is 78.2. The third-order valence-electron chi connectivity index (χ3n) is 22.6. The molecule has 16 rings (SSSR count). The average Bonchev–Trinajstić information content (AvgIpc) is 1.55. The topological polar surface area (TPSA) is 196 Å². The minimum absolute atomic E-state index is 0.0313. The molecule has 0 spiro atoms. The van der Waals surface area contributed by atoms with Gasteiger partial charge in [-0.05, 0) is 116 Å². The van der Waals surface area contributed by atoms with Crippen LogP contribution in [-0.4, -0.2) is 127 Å². The largest absolute Gasteiger partial charge is 0.481 e. The van der Waals surface area contributed by atoms with Crippen LogP contribution in [0, 0.1) is 0 Å². The van der Waals surface area contributed by atoms with Crippen LogP contribution in [0.2, 0.25) is 0 Å². The molecule has 12 aromatic rings. The van der Waals surface area contributed by atoms with Crippen LogP contribution in [0.25, 0.3) is 86.2 Å². The third-order valence-corrected chi connectivity index (χ3v) is 22.6. The van der Waals surface area contributed by atoms with E-state index >= 15 is 0 Å². The van der Waals surface area contributed by atoms with Crippen molar-refractivity contribution in [2.75, 3.05) is 73.9 Å². The van der Waals surface area contributed by atoms with Gasteiger partial charge < -0.3 is 43.9 Å². The Kier molecular flexibility index (Phi) is 22.3. The third kappa shape index (κ3) is 14.2. The number of fused-ring (bicyclic) bond motifs is 24. The lowest BCUT2D eigenvalue weighted by Crippen LogP contribution is -2.35. The van der Waals surface area contributed by atoms with Crippen LogP contribution in [0.1, 0.15) is 76.5 Å². The zero-order chi connectivity index (χ0) is 79.0. The zero-order valence-electron chi connectivity index (χ0n) is 64.3. The van der Waals surface area contributed by atoms with Gasteiger partial charge in [0.1, 0.15) is 38.5 Å². The number of carbonyl (C=O) groups is 6. The highest BCUT2D eigenvalue weighted by Crippen LogP contribution is 2.55. The summed E-state index contributed by atoms with van der Waals surface area (Å²) in [6, 6.07) is 66.8. The lowest BCUT2D eigenvalue weighted by atomic mass is 9.74. The number of ether oxygens (including phenoxy) is 4. The number of hydrogen-bond donors (Lipinski definition) is 2. The number of carboxylic acids is 2. The second-order valence-electron chi connectivity index (χ2n) is 29.6. The molecule has 0 fully saturated rings. The van der Waals surface area contributed by atoms with Crippen molar-refractivity contribution >= 4 is 163 Å². The zero-order valence-corrected chi connectivity index (χ0v) is 64.3. The monoisotopic (exact) mass is 1520 g/mol. The van der Waals surface area contributed by atoms with E-state index in [1.165, 1.54) is 54.5 Å². The van der Waals surface area contributed by atoms with E-state index in [0.29, 0.717) is 52.2 Å². The molecule has 12 aromatic carbocycles. The van der Waals surface area contributed by atoms with Crippen molar-refractivity contribution in [3.63, 3.8) is 0 Å². The summed E-state index contributed by atoms with van der Waals surface area (Å²) in [5.41, 5.74) is 10.3. The fourth-order valence-electron chi connectivity index (χ4n) is 17.9. The van der Waals surface area contributed by atoms with Gasteiger partial charge in [0.25, 0.3) is 19.4 Å². The van der Waals surface area contributed by atoms with E-state index in [1.54, 1.807) is 0 Å². The number of carboxylic acid groups (broad SMARTS) is 2. The minimum atomic E-state index is -0.923. The molecule has 4 aliphatic heterocycles. The predicted octanol–water partition coefficient (Wildman–Crippen LogP) is 18.9. The summed E-state index contributed by atoms with van der Waals surface area (Å²) in [5.74, 6) is -1.27. The molecular weight excluding hydrogens is 1430 g/mol. The quantitative estimate of drug-likeness (QED) is 0.00854. The normalized spacial score (nSPS) is 15.9. The number of esters is 1. The Morgan fingerprint density at radius 1 is 0.421 bits per heavy atom. The number of nitrogens with zero attached hydrogens (tertiary/aromatic N) is 5. The predicted molar refractivity (Wildman–Crippen MR) is 455 cm³/mol. The molecule has 4 heterocycles. The van der Waals surface area contributed by atoms with Crippen molar-refractivity contribution in [2.45, 2.75) is 77.0 Å². The molecule has 1 atom stereocenters. The van der Waals surface area contributed by atoms with Gasteiger partial charge in [0, 0.05) is 51.6 Å². The molecule has 1 unspecified atom stereocenters. The second kappa shape index (κ2) is 33.3. The molecule has 0 aliphatic carbocycles. The second-order valence-corrected chi connectivity index (χ2v) is 29.6. The van der Waals surface area contributed by atoms with Gasteiger partial charge in [0.2, 0.25) is 11.4 Å². The molecule has 572 valence electrons. The molecular formula is C97H89N5O12+2. The summed E-state index contributed by atoms with van der Waals surface area (Å²) in [6.07, 6.45) is 22.6. The molecule has 0 saturated carbocycles. The van der Waals surface area contributed by atoms with Gasteiger partial charge in [0.15, 0.2) is 24.5 Å². The van der Waals surface area contributed by atoms with Gasteiger partial charge in [-0.15, -0.1) is 0 Å².